The quantitative estimate of drug-likeness (QED) is 0.119. The van der Waals surface area contributed by atoms with Gasteiger partial charge in [-0.25, -0.2) is 10.1 Å². The summed E-state index contributed by atoms with van der Waals surface area (Å²) in [5.74, 6) is 0.760. The predicted octanol–water partition coefficient (Wildman–Crippen LogP) is 14.2. The van der Waals surface area contributed by atoms with E-state index in [0.29, 0.717) is 5.75 Å². The van der Waals surface area contributed by atoms with Gasteiger partial charge >= 0.3 is 0 Å². The minimum absolute atomic E-state index is 0. The fourth-order valence-corrected chi connectivity index (χ4v) is 8.06. The molecule has 1 N–H and O–H groups in total. The van der Waals surface area contributed by atoms with Crippen LogP contribution in [0.3, 0.4) is 0 Å². The summed E-state index contributed by atoms with van der Waals surface area (Å²) >= 11 is 0. The largest absolute Gasteiger partial charge is 0.515 e. The first-order valence-electron chi connectivity index (χ1n) is 21.9. The number of nitrogens with zero attached hydrogens (tertiary/aromatic N) is 2. The maximum Gasteiger partial charge on any atom is 0.203 e. The Balaban J connectivity index is 0.00000641. The predicted molar refractivity (Wildman–Crippen MR) is 254 cm³/mol. The Labute approximate surface area is 386 Å². The summed E-state index contributed by atoms with van der Waals surface area (Å²) in [7, 11) is 0. The molecule has 0 aliphatic rings. The second kappa shape index (κ2) is 17.9. The maximum absolute atomic E-state index is 12.4. The van der Waals surface area contributed by atoms with E-state index in [0.717, 1.165) is 50.3 Å². The third-order valence-corrected chi connectivity index (χ3v) is 11.8. The summed E-state index contributed by atoms with van der Waals surface area (Å²) in [4.78, 5) is 0. The summed E-state index contributed by atoms with van der Waals surface area (Å²) in [5.41, 5.74) is 15.3. The van der Waals surface area contributed by atoms with Gasteiger partial charge < -0.3 is 9.67 Å². The normalized spacial score (nSPS) is 12.2. The summed E-state index contributed by atoms with van der Waals surface area (Å²) in [5, 5.41) is 12.4. The molecule has 0 spiro atoms. The molecular weight excluding hydrogens is 936 g/mol. The van der Waals surface area contributed by atoms with Crippen LogP contribution in [0.4, 0.5) is 0 Å². The zero-order valence-electron chi connectivity index (χ0n) is 38.9. The molecule has 0 bridgehead atoms. The number of rotatable bonds is 8. The summed E-state index contributed by atoms with van der Waals surface area (Å²) < 4.78 is 4.37. The number of hydrogen-bond donors (Lipinski definition) is 1. The monoisotopic (exact) mass is 998 g/mol. The van der Waals surface area contributed by atoms with Gasteiger partial charge in [0.25, 0.3) is 0 Å². The van der Waals surface area contributed by atoms with Gasteiger partial charge in [0.1, 0.15) is 6.20 Å². The number of aromatic nitrogens is 2. The third-order valence-electron chi connectivity index (χ3n) is 11.8. The zero-order chi connectivity index (χ0) is 44.0. The minimum Gasteiger partial charge on any atom is -0.515 e. The van der Waals surface area contributed by atoms with Gasteiger partial charge in [0.2, 0.25) is 5.69 Å². The van der Waals surface area contributed by atoms with Gasteiger partial charge in [0.05, 0.1) is 18.1 Å². The van der Waals surface area contributed by atoms with Crippen molar-refractivity contribution in [1.82, 2.24) is 0 Å². The number of phenolic OH excluding ortho intramolecular Hbond substituents is 1. The van der Waals surface area contributed by atoms with E-state index in [1.807, 2.05) is 12.1 Å². The van der Waals surface area contributed by atoms with Crippen molar-refractivity contribution in [3.8, 4) is 61.6 Å². The second-order valence-electron chi connectivity index (χ2n) is 20.4. The topological polar surface area (TPSA) is 28.0 Å². The van der Waals surface area contributed by atoms with E-state index in [9.17, 15) is 5.11 Å². The van der Waals surface area contributed by atoms with Crippen molar-refractivity contribution >= 4 is 0 Å². The molecule has 0 aliphatic heterocycles. The first-order chi connectivity index (χ1) is 28.7. The van der Waals surface area contributed by atoms with Crippen LogP contribution >= 0.6 is 0 Å². The van der Waals surface area contributed by atoms with E-state index in [2.05, 4.69) is 233 Å². The van der Waals surface area contributed by atoms with Gasteiger partial charge in [0, 0.05) is 37.9 Å². The van der Waals surface area contributed by atoms with Crippen LogP contribution in [0.15, 0.2) is 128 Å². The Morgan fingerprint density at radius 2 is 1.05 bits per heavy atom. The minimum atomic E-state index is -0.289. The Kier molecular flexibility index (Phi) is 13.4. The summed E-state index contributed by atoms with van der Waals surface area (Å²) in [6.07, 6.45) is 10.0. The standard InChI is InChI=1S/C58H63N2O.Pt/c1-38(2)50-30-44(41-23-18-15-19-24-41)31-51(39(3)4)54(50)60-36-45(27-46(37-60)52-33-48(57(8,9)10)34-53(55(52)61)58(11,12)13)43-28-47(56(5,6)7)32-49(29-43)59-26-20-25-42(35-59)40-21-16-14-17-22-40;/h14-25,28,30-39,61H,1-13H3;/q-1;. The van der Waals surface area contributed by atoms with Crippen LogP contribution in [-0.4, -0.2) is 5.11 Å². The molecule has 0 aliphatic carbocycles. The Morgan fingerprint density at radius 3 is 1.58 bits per heavy atom. The molecule has 0 atom stereocenters. The molecular formula is C58H63N2OPt-. The van der Waals surface area contributed by atoms with Gasteiger partial charge in [-0.05, 0) is 79.2 Å². The molecule has 0 saturated carbocycles. The molecule has 322 valence electrons. The van der Waals surface area contributed by atoms with E-state index in [4.69, 9.17) is 0 Å². The van der Waals surface area contributed by atoms with Crippen LogP contribution in [-0.2, 0) is 37.3 Å². The van der Waals surface area contributed by atoms with E-state index in [1.54, 1.807) is 0 Å². The van der Waals surface area contributed by atoms with Crippen LogP contribution in [0, 0.1) is 18.3 Å². The SMILES string of the molecule is CC(C)c1cc(-c2ccccc2)cc(C(C)C)c1-[n+]1cc(-c2[c-]c(-[n+]3[c-]ccc(-c4ccccc4)c3)cc(C(C)(C)C)c2)[c-]c(-c2cc(C(C)(C)C)cc(C(C)(C)C)c2O)c1.[Pt]. The van der Waals surface area contributed by atoms with E-state index >= 15 is 0 Å². The van der Waals surface area contributed by atoms with Crippen LogP contribution in [0.1, 0.15) is 130 Å². The molecule has 62 heavy (non-hydrogen) atoms. The molecule has 0 radical (unpaired) electrons. The number of benzene rings is 5. The molecule has 3 nitrogen and oxygen atoms in total. The van der Waals surface area contributed by atoms with E-state index in [-0.39, 0.29) is 49.1 Å². The maximum atomic E-state index is 12.4. The number of phenols is 1. The molecule has 5 aromatic carbocycles. The smallest absolute Gasteiger partial charge is 0.203 e. The molecule has 7 rings (SSSR count). The Morgan fingerprint density at radius 1 is 0.516 bits per heavy atom. The van der Waals surface area contributed by atoms with Gasteiger partial charge in [-0.1, -0.05) is 174 Å². The average molecular weight is 999 g/mol. The summed E-state index contributed by atoms with van der Waals surface area (Å²) in [6, 6.07) is 46.6. The zero-order valence-corrected chi connectivity index (χ0v) is 41.2. The molecule has 7 aromatic rings. The number of pyridine rings is 2. The molecule has 0 unspecified atom stereocenters. The first-order valence-corrected chi connectivity index (χ1v) is 21.9. The number of hydrogen-bond acceptors (Lipinski definition) is 1. The first kappa shape index (κ1) is 46.4. The van der Waals surface area contributed by atoms with Crippen LogP contribution < -0.4 is 9.13 Å². The van der Waals surface area contributed by atoms with Crippen molar-refractivity contribution < 1.29 is 35.3 Å². The van der Waals surface area contributed by atoms with Gasteiger partial charge in [-0.2, -0.15) is 18.2 Å². The van der Waals surface area contributed by atoms with E-state index < -0.39 is 0 Å². The molecule has 2 heterocycles. The molecule has 2 aromatic heterocycles. The summed E-state index contributed by atoms with van der Waals surface area (Å²) in [6.45, 7) is 29.2. The molecule has 0 saturated heterocycles. The fraction of sp³-hybridized carbons (Fsp3) is 0.310. The van der Waals surface area contributed by atoms with Crippen molar-refractivity contribution in [3.63, 3.8) is 0 Å². The Hall–Kier alpha value is -5.11. The van der Waals surface area contributed by atoms with E-state index in [1.165, 1.54) is 33.4 Å². The van der Waals surface area contributed by atoms with Crippen molar-refractivity contribution in [2.75, 3.05) is 0 Å². The van der Waals surface area contributed by atoms with Crippen LogP contribution in [0.5, 0.6) is 5.75 Å². The Bertz CT molecular complexity index is 2660. The van der Waals surface area contributed by atoms with Gasteiger partial charge in [0.15, 0.2) is 6.20 Å². The van der Waals surface area contributed by atoms with Gasteiger partial charge in [-0.3, -0.25) is 0 Å². The molecule has 0 amide bonds. The van der Waals surface area contributed by atoms with Crippen molar-refractivity contribution in [1.29, 1.82) is 0 Å². The van der Waals surface area contributed by atoms with Crippen molar-refractivity contribution in [2.45, 2.75) is 118 Å². The number of aromatic hydroxyl groups is 1. The fourth-order valence-electron chi connectivity index (χ4n) is 8.06. The second-order valence-corrected chi connectivity index (χ2v) is 20.4. The van der Waals surface area contributed by atoms with Crippen molar-refractivity contribution in [2.24, 2.45) is 0 Å². The average Bonchev–Trinajstić information content (AvgIpc) is 3.22. The van der Waals surface area contributed by atoms with Crippen LogP contribution in [0.2, 0.25) is 0 Å². The van der Waals surface area contributed by atoms with Crippen molar-refractivity contribution in [3.05, 3.63) is 174 Å². The van der Waals surface area contributed by atoms with Crippen LogP contribution in [0.25, 0.3) is 55.9 Å². The van der Waals surface area contributed by atoms with Gasteiger partial charge in [-0.15, -0.1) is 23.3 Å². The molecule has 0 fully saturated rings. The molecule has 4 heteroatoms. The third kappa shape index (κ3) is 9.90.